The Labute approximate surface area is 147 Å². The number of pyridine rings is 1. The molecule has 2 aliphatic rings. The van der Waals surface area contributed by atoms with Gasteiger partial charge in [0.15, 0.2) is 0 Å². The van der Waals surface area contributed by atoms with E-state index in [9.17, 15) is 14.4 Å². The molecule has 3 rings (SSSR count). The van der Waals surface area contributed by atoms with Gasteiger partial charge in [0.05, 0.1) is 0 Å². The molecule has 25 heavy (non-hydrogen) atoms. The van der Waals surface area contributed by atoms with Gasteiger partial charge in [0.1, 0.15) is 5.69 Å². The molecular weight excluding hydrogens is 320 g/mol. The summed E-state index contributed by atoms with van der Waals surface area (Å²) in [6, 6.07) is 3.26. The topological polar surface area (TPSA) is 73.8 Å². The van der Waals surface area contributed by atoms with Crippen LogP contribution in [0.25, 0.3) is 0 Å². The van der Waals surface area contributed by atoms with Gasteiger partial charge in [-0.3, -0.25) is 19.4 Å². The molecule has 0 spiro atoms. The summed E-state index contributed by atoms with van der Waals surface area (Å²) in [6.07, 6.45) is 4.36. The Morgan fingerprint density at radius 2 is 1.68 bits per heavy atom. The molecule has 2 aliphatic heterocycles. The van der Waals surface area contributed by atoms with Crippen molar-refractivity contribution in [3.8, 4) is 0 Å². The van der Waals surface area contributed by atoms with Crippen LogP contribution in [-0.4, -0.2) is 77.2 Å². The van der Waals surface area contributed by atoms with Crippen molar-refractivity contribution in [3.63, 3.8) is 0 Å². The van der Waals surface area contributed by atoms with Gasteiger partial charge in [0.2, 0.25) is 6.41 Å². The van der Waals surface area contributed by atoms with Gasteiger partial charge in [-0.15, -0.1) is 0 Å². The zero-order valence-electron chi connectivity index (χ0n) is 14.6. The highest BCUT2D eigenvalue weighted by Gasteiger charge is 2.25. The second kappa shape index (κ2) is 7.63. The Morgan fingerprint density at radius 3 is 2.32 bits per heavy atom. The van der Waals surface area contributed by atoms with Crippen LogP contribution in [0.3, 0.4) is 0 Å². The fourth-order valence-electron chi connectivity index (χ4n) is 3.27. The minimum absolute atomic E-state index is 0.0332. The highest BCUT2D eigenvalue weighted by atomic mass is 16.2. The summed E-state index contributed by atoms with van der Waals surface area (Å²) >= 11 is 0. The molecule has 134 valence electrons. The van der Waals surface area contributed by atoms with E-state index in [1.165, 1.54) is 6.20 Å². The Bertz CT molecular complexity index is 647. The van der Waals surface area contributed by atoms with Crippen molar-refractivity contribution < 1.29 is 14.4 Å². The number of likely N-dealkylation sites (tertiary alicyclic amines) is 1. The van der Waals surface area contributed by atoms with Crippen LogP contribution in [0.15, 0.2) is 18.3 Å². The number of nitrogens with zero attached hydrogens (tertiary/aromatic N) is 4. The van der Waals surface area contributed by atoms with E-state index in [1.54, 1.807) is 21.9 Å². The number of carbonyl (C=O) groups excluding carboxylic acids is 3. The van der Waals surface area contributed by atoms with Crippen LogP contribution in [-0.2, 0) is 4.79 Å². The lowest BCUT2D eigenvalue weighted by atomic mass is 9.98. The largest absolute Gasteiger partial charge is 0.342 e. The van der Waals surface area contributed by atoms with E-state index in [1.807, 2.05) is 4.90 Å². The molecule has 1 aromatic heterocycles. The lowest BCUT2D eigenvalue weighted by Crippen LogP contribution is -2.48. The van der Waals surface area contributed by atoms with Gasteiger partial charge in [-0.2, -0.15) is 0 Å². The number of piperidine rings is 1. The molecule has 3 heterocycles. The first kappa shape index (κ1) is 17.4. The molecule has 2 fully saturated rings. The first-order valence-corrected chi connectivity index (χ1v) is 8.82. The molecule has 0 saturated carbocycles. The number of carbonyl (C=O) groups is 3. The third-order valence-corrected chi connectivity index (χ3v) is 5.05. The van der Waals surface area contributed by atoms with Crippen molar-refractivity contribution in [2.45, 2.75) is 19.8 Å². The summed E-state index contributed by atoms with van der Waals surface area (Å²) in [5.74, 6) is 0.435. The summed E-state index contributed by atoms with van der Waals surface area (Å²) in [6.45, 7) is 5.76. The number of hydrogen-bond donors (Lipinski definition) is 0. The maximum Gasteiger partial charge on any atom is 0.272 e. The van der Waals surface area contributed by atoms with Crippen molar-refractivity contribution in [1.82, 2.24) is 19.7 Å². The van der Waals surface area contributed by atoms with Crippen LogP contribution in [0.2, 0.25) is 0 Å². The number of piperazine rings is 1. The van der Waals surface area contributed by atoms with Crippen LogP contribution < -0.4 is 0 Å². The second-order valence-electron chi connectivity index (χ2n) is 6.84. The van der Waals surface area contributed by atoms with Crippen molar-refractivity contribution >= 4 is 18.2 Å². The van der Waals surface area contributed by atoms with E-state index >= 15 is 0 Å². The summed E-state index contributed by atoms with van der Waals surface area (Å²) in [5.41, 5.74) is 0.801. The SMILES string of the molecule is CC1CCN(C(=O)c2ccnc(C(=O)N3CCN(C=O)CC3)c2)CC1. The smallest absolute Gasteiger partial charge is 0.272 e. The zero-order valence-corrected chi connectivity index (χ0v) is 14.6. The van der Waals surface area contributed by atoms with E-state index in [0.717, 1.165) is 32.3 Å². The van der Waals surface area contributed by atoms with Gasteiger partial charge in [-0.1, -0.05) is 6.92 Å². The van der Waals surface area contributed by atoms with Crippen LogP contribution in [0, 0.1) is 5.92 Å². The average Bonchev–Trinajstić information content (AvgIpc) is 2.67. The van der Waals surface area contributed by atoms with Gasteiger partial charge in [-0.25, -0.2) is 0 Å². The molecule has 1 aromatic rings. The van der Waals surface area contributed by atoms with Crippen LogP contribution in [0.4, 0.5) is 0 Å². The van der Waals surface area contributed by atoms with Gasteiger partial charge in [0, 0.05) is 51.0 Å². The molecule has 0 bridgehead atoms. The molecule has 0 unspecified atom stereocenters. The fraction of sp³-hybridized carbons (Fsp3) is 0.556. The molecule has 7 heteroatoms. The monoisotopic (exact) mass is 344 g/mol. The summed E-state index contributed by atoms with van der Waals surface area (Å²) < 4.78 is 0. The summed E-state index contributed by atoms with van der Waals surface area (Å²) in [4.78, 5) is 45.4. The van der Waals surface area contributed by atoms with E-state index in [2.05, 4.69) is 11.9 Å². The lowest BCUT2D eigenvalue weighted by molar-refractivity contribution is -0.119. The molecule has 0 atom stereocenters. The third-order valence-electron chi connectivity index (χ3n) is 5.05. The zero-order chi connectivity index (χ0) is 17.8. The normalized spacial score (nSPS) is 19.0. The van der Waals surface area contributed by atoms with Gasteiger partial charge >= 0.3 is 0 Å². The standard InChI is InChI=1S/C18H24N4O3/c1-14-3-6-21(7-4-14)17(24)15-2-5-19-16(12-15)18(25)22-10-8-20(13-23)9-11-22/h2,5,12-14H,3-4,6-11H2,1H3. The number of rotatable bonds is 3. The first-order chi connectivity index (χ1) is 12.1. The Morgan fingerprint density at radius 1 is 1.04 bits per heavy atom. The van der Waals surface area contributed by atoms with E-state index in [4.69, 9.17) is 0 Å². The van der Waals surface area contributed by atoms with Crippen LogP contribution in [0.1, 0.15) is 40.6 Å². The Kier molecular flexibility index (Phi) is 5.31. The maximum atomic E-state index is 12.7. The summed E-state index contributed by atoms with van der Waals surface area (Å²) in [5, 5.41) is 0. The predicted octanol–water partition coefficient (Wildman–Crippen LogP) is 0.868. The van der Waals surface area contributed by atoms with E-state index < -0.39 is 0 Å². The molecule has 0 aliphatic carbocycles. The highest BCUT2D eigenvalue weighted by Crippen LogP contribution is 2.18. The maximum absolute atomic E-state index is 12.7. The molecule has 0 radical (unpaired) electrons. The van der Waals surface area contributed by atoms with Crippen molar-refractivity contribution in [2.75, 3.05) is 39.3 Å². The molecular formula is C18H24N4O3. The summed E-state index contributed by atoms with van der Waals surface area (Å²) in [7, 11) is 0. The molecule has 0 aromatic carbocycles. The highest BCUT2D eigenvalue weighted by molar-refractivity contribution is 5.98. The van der Waals surface area contributed by atoms with Crippen molar-refractivity contribution in [2.24, 2.45) is 5.92 Å². The first-order valence-electron chi connectivity index (χ1n) is 8.82. The lowest BCUT2D eigenvalue weighted by Gasteiger charge is -2.32. The minimum atomic E-state index is -0.188. The molecule has 7 nitrogen and oxygen atoms in total. The van der Waals surface area contributed by atoms with E-state index in [0.29, 0.717) is 37.7 Å². The Hall–Kier alpha value is -2.44. The molecule has 0 N–H and O–H groups in total. The number of hydrogen-bond acceptors (Lipinski definition) is 4. The Balaban J connectivity index is 1.67. The van der Waals surface area contributed by atoms with Crippen LogP contribution in [0.5, 0.6) is 0 Å². The van der Waals surface area contributed by atoms with Gasteiger partial charge in [-0.05, 0) is 30.9 Å². The predicted molar refractivity (Wildman–Crippen MR) is 92.1 cm³/mol. The molecule has 2 saturated heterocycles. The van der Waals surface area contributed by atoms with Crippen LogP contribution >= 0.6 is 0 Å². The average molecular weight is 344 g/mol. The van der Waals surface area contributed by atoms with Gasteiger partial charge in [0.25, 0.3) is 11.8 Å². The molecule has 3 amide bonds. The second-order valence-corrected chi connectivity index (χ2v) is 6.84. The quantitative estimate of drug-likeness (QED) is 0.763. The van der Waals surface area contributed by atoms with Gasteiger partial charge < -0.3 is 14.7 Å². The van der Waals surface area contributed by atoms with E-state index in [-0.39, 0.29) is 17.5 Å². The fourth-order valence-corrected chi connectivity index (χ4v) is 3.27. The number of amides is 3. The van der Waals surface area contributed by atoms with Crippen molar-refractivity contribution in [1.29, 1.82) is 0 Å². The number of aromatic nitrogens is 1. The minimum Gasteiger partial charge on any atom is -0.342 e. The van der Waals surface area contributed by atoms with Crippen molar-refractivity contribution in [3.05, 3.63) is 29.6 Å². The third kappa shape index (κ3) is 3.97.